The smallest absolute Gasteiger partial charge is 0.251 e. The van der Waals surface area contributed by atoms with Crippen LogP contribution >= 0.6 is 0 Å². The van der Waals surface area contributed by atoms with Crippen molar-refractivity contribution in [1.82, 2.24) is 35.7 Å². The van der Waals surface area contributed by atoms with Gasteiger partial charge in [0.05, 0.1) is 11.5 Å². The average Bonchev–Trinajstić information content (AvgIpc) is 3.49. The van der Waals surface area contributed by atoms with Crippen molar-refractivity contribution in [1.29, 1.82) is 5.26 Å². The molecule has 3 aliphatic rings. The lowest BCUT2D eigenvalue weighted by molar-refractivity contribution is 0.0918. The minimum absolute atomic E-state index is 0.108. The number of fused-ring (bicyclic) bond motifs is 3. The van der Waals surface area contributed by atoms with E-state index in [2.05, 4.69) is 43.7 Å². The lowest BCUT2D eigenvalue weighted by Gasteiger charge is -2.36. The number of carbonyl (C=O) groups excluding carboxylic acids is 2. The number of aryl methyl sites for hydroxylation is 3. The number of likely N-dealkylation sites (tertiary alicyclic amines) is 1. The standard InChI is InChI=1S/C34H41N9O2/c1-20(43-26(18-35)16-25-17-29(25)43)19-37-13-12-34(32-39-40-41-42(32)5)27-10-8-23(30(36)44)14-21(27)6-7-22-15-24(9-11-28(22)34)31(45)38-33(2,3)4/h8-11,14-15,25-26,29,37H,1,6-7,12-13,16-17,19H2,2-5H3,(H2,36,44)(H,38,45)/t25-,26?,29+,34?/m1/s1. The number of carbonyl (C=O) groups is 2. The maximum atomic E-state index is 13.2. The Morgan fingerprint density at radius 2 is 1.78 bits per heavy atom. The van der Waals surface area contributed by atoms with E-state index in [0.29, 0.717) is 61.3 Å². The molecule has 11 nitrogen and oxygen atoms in total. The zero-order valence-corrected chi connectivity index (χ0v) is 26.4. The van der Waals surface area contributed by atoms with E-state index in [1.165, 1.54) is 0 Å². The molecule has 2 unspecified atom stereocenters. The average molecular weight is 608 g/mol. The largest absolute Gasteiger partial charge is 0.366 e. The van der Waals surface area contributed by atoms with Crippen LogP contribution in [0.15, 0.2) is 48.7 Å². The summed E-state index contributed by atoms with van der Waals surface area (Å²) in [6.07, 6.45) is 3.95. The number of nitrogens with two attached hydrogens (primary N) is 1. The molecule has 0 bridgehead atoms. The molecule has 2 aliphatic carbocycles. The number of aromatic nitrogens is 4. The Balaban J connectivity index is 1.40. The Morgan fingerprint density at radius 1 is 1.11 bits per heavy atom. The number of tetrazole rings is 1. The molecule has 0 spiro atoms. The van der Waals surface area contributed by atoms with Gasteiger partial charge in [-0.25, -0.2) is 4.68 Å². The summed E-state index contributed by atoms with van der Waals surface area (Å²) in [4.78, 5) is 27.6. The number of nitrogens with one attached hydrogen (secondary N) is 2. The number of nitrogens with zero attached hydrogens (tertiary/aromatic N) is 6. The Labute approximate surface area is 263 Å². The molecule has 1 saturated carbocycles. The molecule has 0 radical (unpaired) electrons. The molecule has 4 N–H and O–H groups in total. The Kier molecular flexibility index (Phi) is 7.73. The van der Waals surface area contributed by atoms with Crippen LogP contribution in [0.5, 0.6) is 0 Å². The topological polar surface area (TPSA) is 155 Å². The summed E-state index contributed by atoms with van der Waals surface area (Å²) in [5.41, 5.74) is 10.5. The second kappa shape index (κ2) is 11.4. The van der Waals surface area contributed by atoms with Gasteiger partial charge in [-0.05, 0) is 122 Å². The molecule has 45 heavy (non-hydrogen) atoms. The maximum Gasteiger partial charge on any atom is 0.251 e. The third-order valence-corrected chi connectivity index (χ3v) is 9.46. The van der Waals surface area contributed by atoms with E-state index < -0.39 is 11.3 Å². The first-order valence-corrected chi connectivity index (χ1v) is 15.6. The van der Waals surface area contributed by atoms with Crippen LogP contribution in [0.25, 0.3) is 0 Å². The Hall–Kier alpha value is -4.56. The van der Waals surface area contributed by atoms with Crippen LogP contribution in [0.3, 0.4) is 0 Å². The van der Waals surface area contributed by atoms with Crippen LogP contribution < -0.4 is 16.4 Å². The molecule has 4 atom stereocenters. The summed E-state index contributed by atoms with van der Waals surface area (Å²) in [5.74, 6) is 0.654. The zero-order valence-electron chi connectivity index (χ0n) is 26.4. The van der Waals surface area contributed by atoms with Gasteiger partial charge in [-0.2, -0.15) is 5.26 Å². The molecule has 1 aliphatic heterocycles. The van der Waals surface area contributed by atoms with E-state index in [4.69, 9.17) is 5.73 Å². The number of amides is 2. The molecule has 1 aromatic heterocycles. The van der Waals surface area contributed by atoms with Crippen molar-refractivity contribution in [3.05, 3.63) is 87.9 Å². The first kappa shape index (κ1) is 30.5. The van der Waals surface area contributed by atoms with Gasteiger partial charge in [0.2, 0.25) is 5.91 Å². The molecule has 3 aromatic rings. The molecule has 2 aromatic carbocycles. The second-order valence-corrected chi connectivity index (χ2v) is 13.7. The number of hydrogen-bond donors (Lipinski definition) is 3. The molecule has 2 heterocycles. The summed E-state index contributed by atoms with van der Waals surface area (Å²) in [6, 6.07) is 14.3. The van der Waals surface area contributed by atoms with Crippen molar-refractivity contribution in [2.75, 3.05) is 13.1 Å². The SMILES string of the molecule is C=C(CNCCC1(c2nnnn2C)c2ccc(C(N)=O)cc2CCc2cc(C(=O)NC(C)(C)C)ccc21)N1C(C#N)C[C@@H]2C[C@@H]21. The molecule has 6 rings (SSSR count). The summed E-state index contributed by atoms with van der Waals surface area (Å²) in [5, 5.41) is 29.2. The quantitative estimate of drug-likeness (QED) is 0.314. The van der Waals surface area contributed by atoms with Crippen molar-refractivity contribution < 1.29 is 9.59 Å². The van der Waals surface area contributed by atoms with E-state index in [0.717, 1.165) is 40.8 Å². The molecule has 2 fully saturated rings. The molecule has 1 saturated heterocycles. The Morgan fingerprint density at radius 3 is 2.38 bits per heavy atom. The van der Waals surface area contributed by atoms with Gasteiger partial charge in [0.25, 0.3) is 5.91 Å². The highest BCUT2D eigenvalue weighted by molar-refractivity contribution is 5.95. The van der Waals surface area contributed by atoms with Crippen molar-refractivity contribution in [2.45, 2.75) is 75.9 Å². The van der Waals surface area contributed by atoms with Crippen molar-refractivity contribution in [3.63, 3.8) is 0 Å². The molecule has 2 amide bonds. The first-order valence-electron chi connectivity index (χ1n) is 15.6. The van der Waals surface area contributed by atoms with Gasteiger partial charge in [0, 0.05) is 42.0 Å². The third-order valence-electron chi connectivity index (χ3n) is 9.46. The van der Waals surface area contributed by atoms with Gasteiger partial charge in [-0.1, -0.05) is 18.7 Å². The van der Waals surface area contributed by atoms with E-state index in [1.54, 1.807) is 10.7 Å². The number of benzene rings is 2. The Bertz CT molecular complexity index is 1710. The highest BCUT2D eigenvalue weighted by Gasteiger charge is 2.52. The fourth-order valence-electron chi connectivity index (χ4n) is 7.40. The lowest BCUT2D eigenvalue weighted by Crippen LogP contribution is -2.41. The fourth-order valence-corrected chi connectivity index (χ4v) is 7.40. The molecular formula is C34H41N9O2. The van der Waals surface area contributed by atoms with Gasteiger partial charge in [-0.15, -0.1) is 5.10 Å². The third kappa shape index (κ3) is 5.59. The second-order valence-electron chi connectivity index (χ2n) is 13.7. The number of hydrogen-bond acceptors (Lipinski definition) is 8. The van der Waals surface area contributed by atoms with E-state index >= 15 is 0 Å². The van der Waals surface area contributed by atoms with Crippen LogP contribution in [0.2, 0.25) is 0 Å². The molecular weight excluding hydrogens is 566 g/mol. The fraction of sp³-hybridized carbons (Fsp3) is 0.471. The monoisotopic (exact) mass is 607 g/mol. The summed E-state index contributed by atoms with van der Waals surface area (Å²) in [7, 11) is 1.83. The van der Waals surface area contributed by atoms with Gasteiger partial charge in [0.1, 0.15) is 6.04 Å². The van der Waals surface area contributed by atoms with Crippen molar-refractivity contribution in [2.24, 2.45) is 18.7 Å². The van der Waals surface area contributed by atoms with Gasteiger partial charge in [0.15, 0.2) is 5.82 Å². The number of piperidine rings is 1. The van der Waals surface area contributed by atoms with E-state index in [1.807, 2.05) is 58.2 Å². The van der Waals surface area contributed by atoms with Crippen LogP contribution in [0.4, 0.5) is 0 Å². The number of rotatable bonds is 9. The van der Waals surface area contributed by atoms with E-state index in [-0.39, 0.29) is 17.5 Å². The van der Waals surface area contributed by atoms with Crippen molar-refractivity contribution in [3.8, 4) is 6.07 Å². The highest BCUT2D eigenvalue weighted by atomic mass is 16.2. The van der Waals surface area contributed by atoms with Gasteiger partial charge < -0.3 is 21.3 Å². The summed E-state index contributed by atoms with van der Waals surface area (Å²) >= 11 is 0. The van der Waals surface area contributed by atoms with Crippen LogP contribution in [-0.4, -0.2) is 67.6 Å². The molecule has 234 valence electrons. The maximum absolute atomic E-state index is 13.2. The van der Waals surface area contributed by atoms with Crippen LogP contribution in [0.1, 0.15) is 88.8 Å². The predicted molar refractivity (Wildman–Crippen MR) is 169 cm³/mol. The van der Waals surface area contributed by atoms with Crippen LogP contribution in [-0.2, 0) is 25.3 Å². The molecule has 11 heteroatoms. The predicted octanol–water partition coefficient (Wildman–Crippen LogP) is 2.75. The van der Waals surface area contributed by atoms with Crippen molar-refractivity contribution >= 4 is 11.8 Å². The number of primary amides is 1. The minimum atomic E-state index is -0.798. The summed E-state index contributed by atoms with van der Waals surface area (Å²) in [6.45, 7) is 11.4. The first-order chi connectivity index (χ1) is 21.4. The lowest BCUT2D eigenvalue weighted by atomic mass is 9.69. The highest BCUT2D eigenvalue weighted by Crippen LogP contribution is 2.49. The van der Waals surface area contributed by atoms with E-state index in [9.17, 15) is 14.9 Å². The van der Waals surface area contributed by atoms with Gasteiger partial charge in [-0.3, -0.25) is 9.59 Å². The van der Waals surface area contributed by atoms with Crippen LogP contribution in [0, 0.1) is 17.2 Å². The normalized spacial score (nSPS) is 23.3. The zero-order chi connectivity index (χ0) is 32.1. The van der Waals surface area contributed by atoms with Gasteiger partial charge >= 0.3 is 0 Å². The minimum Gasteiger partial charge on any atom is -0.366 e. The number of nitriles is 1. The summed E-state index contributed by atoms with van der Waals surface area (Å²) < 4.78 is 1.70.